The molecular formula is C34H49N5O4SSi. The van der Waals surface area contributed by atoms with Crippen molar-refractivity contribution in [1.29, 1.82) is 0 Å². The zero-order valence-electron chi connectivity index (χ0n) is 28.4. The Morgan fingerprint density at radius 1 is 1.00 bits per heavy atom. The molecule has 0 bridgehead atoms. The van der Waals surface area contributed by atoms with Gasteiger partial charge in [0.25, 0.3) is 0 Å². The normalized spacial score (nSPS) is 14.8. The van der Waals surface area contributed by atoms with E-state index in [9.17, 15) is 9.66 Å². The molecule has 2 N–H and O–H groups in total. The van der Waals surface area contributed by atoms with Crippen LogP contribution >= 0.6 is 0 Å². The van der Waals surface area contributed by atoms with Crippen molar-refractivity contribution in [1.82, 2.24) is 24.5 Å². The summed E-state index contributed by atoms with van der Waals surface area (Å²) in [5, 5.41) is 17.4. The van der Waals surface area contributed by atoms with E-state index in [1.54, 1.807) is 12.3 Å². The second-order valence-corrected chi connectivity index (χ2v) is 20.7. The Balaban J connectivity index is 1.76. The lowest BCUT2D eigenvalue weighted by Gasteiger charge is -2.36. The van der Waals surface area contributed by atoms with Crippen molar-refractivity contribution in [3.8, 4) is 22.8 Å². The van der Waals surface area contributed by atoms with Gasteiger partial charge in [0, 0.05) is 16.9 Å². The molecule has 0 spiro atoms. The summed E-state index contributed by atoms with van der Waals surface area (Å²) in [6.45, 7) is 21.6. The molecule has 0 aliphatic rings. The van der Waals surface area contributed by atoms with Crippen molar-refractivity contribution < 1.29 is 18.8 Å². The first-order chi connectivity index (χ1) is 21.0. The maximum Gasteiger partial charge on any atom is 0.200 e. The molecule has 244 valence electrons. The van der Waals surface area contributed by atoms with Crippen molar-refractivity contribution in [2.75, 3.05) is 6.61 Å². The zero-order chi connectivity index (χ0) is 33.2. The minimum Gasteiger partial charge on any atom is -0.598 e. The van der Waals surface area contributed by atoms with Gasteiger partial charge in [0.1, 0.15) is 10.5 Å². The van der Waals surface area contributed by atoms with E-state index < -0.39 is 30.2 Å². The Labute approximate surface area is 272 Å². The topological polar surface area (TPSA) is 117 Å². The van der Waals surface area contributed by atoms with E-state index in [1.165, 1.54) is 0 Å². The van der Waals surface area contributed by atoms with Gasteiger partial charge in [-0.1, -0.05) is 46.2 Å². The summed E-state index contributed by atoms with van der Waals surface area (Å²) in [6, 6.07) is 15.4. The maximum absolute atomic E-state index is 13.0. The molecule has 3 heterocycles. The fraction of sp³-hybridized carbons (Fsp3) is 0.500. The molecule has 1 unspecified atom stereocenters. The van der Waals surface area contributed by atoms with E-state index in [0.29, 0.717) is 49.0 Å². The van der Waals surface area contributed by atoms with Gasteiger partial charge in [0.15, 0.2) is 19.9 Å². The second kappa shape index (κ2) is 13.5. The van der Waals surface area contributed by atoms with Crippen molar-refractivity contribution in [2.24, 2.45) is 0 Å². The Hall–Kier alpha value is -2.80. The van der Waals surface area contributed by atoms with E-state index in [1.807, 2.05) is 81.8 Å². The predicted molar refractivity (Wildman–Crippen MR) is 185 cm³/mol. The second-order valence-electron chi connectivity index (χ2n) is 13.9. The number of aliphatic hydroxyl groups is 1. The third-order valence-corrected chi connectivity index (χ3v) is 14.4. The highest BCUT2D eigenvalue weighted by Crippen LogP contribution is 2.37. The summed E-state index contributed by atoms with van der Waals surface area (Å²) in [5.41, 5.74) is 1.94. The number of ether oxygens (including phenoxy) is 1. The number of hydrogen-bond acceptors (Lipinski definition) is 8. The molecule has 0 aliphatic carbocycles. The van der Waals surface area contributed by atoms with Crippen LogP contribution in [-0.4, -0.2) is 49.1 Å². The van der Waals surface area contributed by atoms with Crippen LogP contribution in [-0.2, 0) is 28.1 Å². The third-order valence-electron chi connectivity index (χ3n) is 8.24. The van der Waals surface area contributed by atoms with Crippen LogP contribution in [0.4, 0.5) is 0 Å². The fourth-order valence-electron chi connectivity index (χ4n) is 4.56. The predicted octanol–water partition coefficient (Wildman–Crippen LogP) is 7.40. The monoisotopic (exact) mass is 651 g/mol. The molecule has 0 fully saturated rings. The number of pyridine rings is 2. The van der Waals surface area contributed by atoms with Gasteiger partial charge >= 0.3 is 0 Å². The molecule has 4 rings (SSSR count). The lowest BCUT2D eigenvalue weighted by atomic mass is 10.0. The van der Waals surface area contributed by atoms with Crippen molar-refractivity contribution >= 4 is 30.6 Å². The molecule has 2 atom stereocenters. The SMILES string of the molecule is CCCC(O)(N[S@+]([O-])C(C)(C)C)c1cccc(-c2cc(OCC)c3cnn(-c4cccc(CO[Si](C)(C)C(C)(C)C)n4)c3c2)n1. The number of hydrogen-bond donors (Lipinski definition) is 2. The van der Waals surface area contributed by atoms with Crippen LogP contribution in [0.5, 0.6) is 5.75 Å². The van der Waals surface area contributed by atoms with Gasteiger partial charge in [0.2, 0.25) is 0 Å². The number of fused-ring (bicyclic) bond motifs is 1. The van der Waals surface area contributed by atoms with Crippen LogP contribution in [0.3, 0.4) is 0 Å². The van der Waals surface area contributed by atoms with Gasteiger partial charge in [-0.05, 0) is 88.6 Å². The molecule has 11 heteroatoms. The van der Waals surface area contributed by atoms with E-state index in [2.05, 4.69) is 38.6 Å². The number of rotatable bonds is 12. The Kier molecular flexibility index (Phi) is 10.5. The Morgan fingerprint density at radius 2 is 1.71 bits per heavy atom. The van der Waals surface area contributed by atoms with Gasteiger partial charge < -0.3 is 18.8 Å². The minimum atomic E-state index is -1.94. The highest BCUT2D eigenvalue weighted by molar-refractivity contribution is 7.90. The first-order valence-corrected chi connectivity index (χ1v) is 19.7. The first kappa shape index (κ1) is 35.1. The molecule has 1 aromatic carbocycles. The van der Waals surface area contributed by atoms with E-state index >= 15 is 0 Å². The largest absolute Gasteiger partial charge is 0.598 e. The van der Waals surface area contributed by atoms with Gasteiger partial charge in [-0.3, -0.25) is 0 Å². The fourth-order valence-corrected chi connectivity index (χ4v) is 6.32. The summed E-state index contributed by atoms with van der Waals surface area (Å²) >= 11 is -1.50. The van der Waals surface area contributed by atoms with Crippen LogP contribution < -0.4 is 9.46 Å². The van der Waals surface area contributed by atoms with Crippen LogP contribution in [0.25, 0.3) is 28.0 Å². The van der Waals surface area contributed by atoms with Gasteiger partial charge in [0.05, 0.1) is 47.4 Å². The van der Waals surface area contributed by atoms with Crippen molar-refractivity contribution in [3.05, 3.63) is 66.1 Å². The maximum atomic E-state index is 13.0. The Bertz CT molecular complexity index is 1610. The molecule has 0 amide bonds. The molecular weight excluding hydrogens is 603 g/mol. The summed E-state index contributed by atoms with van der Waals surface area (Å²) in [5.74, 6) is 1.35. The number of nitrogens with zero attached hydrogens (tertiary/aromatic N) is 4. The molecule has 0 saturated carbocycles. The minimum absolute atomic E-state index is 0.103. The smallest absolute Gasteiger partial charge is 0.200 e. The zero-order valence-corrected chi connectivity index (χ0v) is 30.2. The van der Waals surface area contributed by atoms with Crippen LogP contribution in [0, 0.1) is 0 Å². The summed E-state index contributed by atoms with van der Waals surface area (Å²) in [7, 11) is -1.94. The first-order valence-electron chi connectivity index (χ1n) is 15.6. The third kappa shape index (κ3) is 7.96. The molecule has 0 aliphatic heterocycles. The van der Waals surface area contributed by atoms with Crippen molar-refractivity contribution in [3.63, 3.8) is 0 Å². The lowest BCUT2D eigenvalue weighted by molar-refractivity contribution is 0.0101. The van der Waals surface area contributed by atoms with Gasteiger partial charge in [-0.15, -0.1) is 4.72 Å². The van der Waals surface area contributed by atoms with E-state index in [0.717, 1.165) is 22.2 Å². The molecule has 4 aromatic rings. The van der Waals surface area contributed by atoms with E-state index in [4.69, 9.17) is 24.2 Å². The van der Waals surface area contributed by atoms with Gasteiger partial charge in [-0.25, -0.2) is 14.6 Å². The number of benzene rings is 1. The highest BCUT2D eigenvalue weighted by atomic mass is 32.2. The van der Waals surface area contributed by atoms with Crippen LogP contribution in [0.2, 0.25) is 18.1 Å². The quantitative estimate of drug-likeness (QED) is 0.0925. The van der Waals surface area contributed by atoms with E-state index in [-0.39, 0.29) is 5.04 Å². The number of aromatic nitrogens is 4. The molecule has 0 radical (unpaired) electrons. The Morgan fingerprint density at radius 3 is 2.36 bits per heavy atom. The van der Waals surface area contributed by atoms with Crippen molar-refractivity contribution in [2.45, 2.75) is 103 Å². The standard InChI is InChI=1S/C34H49N5O4SSi/c1-11-19-34(40,38-44(41)32(3,4)5)30-17-14-16-27(37-30)24-20-28-26(29(21-24)42-12-2)22-35-39(28)31-18-13-15-25(36-31)23-43-45(9,10)33(6,7)8/h13-18,20-22,38,40H,11-12,19,23H2,1-10H3/t34?,44-/m1/s1. The molecule has 0 saturated heterocycles. The molecule has 45 heavy (non-hydrogen) atoms. The molecule has 3 aromatic heterocycles. The van der Waals surface area contributed by atoms with Gasteiger partial charge in [-0.2, -0.15) is 5.10 Å². The van der Waals surface area contributed by atoms with Crippen LogP contribution in [0.15, 0.2) is 54.7 Å². The molecule has 9 nitrogen and oxygen atoms in total. The average Bonchev–Trinajstić information content (AvgIpc) is 3.40. The average molecular weight is 652 g/mol. The van der Waals surface area contributed by atoms with Crippen LogP contribution in [0.1, 0.15) is 79.6 Å². The number of nitrogens with one attached hydrogen (secondary N) is 1. The highest BCUT2D eigenvalue weighted by Gasteiger charge is 2.40. The summed E-state index contributed by atoms with van der Waals surface area (Å²) in [6.07, 6.45) is 2.81. The summed E-state index contributed by atoms with van der Waals surface area (Å²) in [4.78, 5) is 9.80. The summed E-state index contributed by atoms with van der Waals surface area (Å²) < 4.78 is 29.7. The lowest BCUT2D eigenvalue weighted by Crippen LogP contribution is -2.51.